The third-order valence-corrected chi connectivity index (χ3v) is 2.84. The summed E-state index contributed by atoms with van der Waals surface area (Å²) in [6.45, 7) is 0. The Balaban J connectivity index is 2.90. The van der Waals surface area contributed by atoms with Crippen LogP contribution in [0.5, 0.6) is 0 Å². The van der Waals surface area contributed by atoms with Crippen molar-refractivity contribution in [2.75, 3.05) is 0 Å². The molecule has 0 fully saturated rings. The van der Waals surface area contributed by atoms with Crippen LogP contribution in [0.2, 0.25) is 9.49 Å². The van der Waals surface area contributed by atoms with Crippen LogP contribution in [-0.4, -0.2) is 9.97 Å². The number of thiazole rings is 1. The van der Waals surface area contributed by atoms with Gasteiger partial charge in [-0.15, -0.1) is 11.3 Å². The highest BCUT2D eigenvalue weighted by atomic mass is 35.5. The summed E-state index contributed by atoms with van der Waals surface area (Å²) in [6.07, 6.45) is 3.22. The quantitative estimate of drug-likeness (QED) is 0.660. The normalized spacial score (nSPS) is 10.7. The van der Waals surface area contributed by atoms with Crippen LogP contribution in [-0.2, 0) is 0 Å². The number of pyridine rings is 1. The predicted molar refractivity (Wildman–Crippen MR) is 47.4 cm³/mol. The number of rotatable bonds is 0. The lowest BCUT2D eigenvalue weighted by Gasteiger charge is -1.86. The van der Waals surface area contributed by atoms with Crippen molar-refractivity contribution in [3.63, 3.8) is 0 Å². The SMILES string of the molecule is Clc1nc2cncc(Cl)c2s1. The molecule has 0 radical (unpaired) electrons. The molecular formula is C6H2Cl2N2S. The van der Waals surface area contributed by atoms with E-state index in [0.29, 0.717) is 9.49 Å². The second-order valence-corrected chi connectivity index (χ2v) is 3.92. The smallest absolute Gasteiger partial charge is 0.184 e. The maximum absolute atomic E-state index is 5.82. The largest absolute Gasteiger partial charge is 0.261 e. The van der Waals surface area contributed by atoms with Gasteiger partial charge in [-0.3, -0.25) is 4.98 Å². The minimum atomic E-state index is 0.495. The summed E-state index contributed by atoms with van der Waals surface area (Å²) >= 11 is 12.9. The minimum Gasteiger partial charge on any atom is -0.261 e. The van der Waals surface area contributed by atoms with Crippen LogP contribution in [0.1, 0.15) is 0 Å². The van der Waals surface area contributed by atoms with Crippen molar-refractivity contribution in [3.05, 3.63) is 21.9 Å². The average molecular weight is 205 g/mol. The first-order valence-corrected chi connectivity index (χ1v) is 4.40. The maximum atomic E-state index is 5.82. The molecule has 2 aromatic rings. The van der Waals surface area contributed by atoms with Gasteiger partial charge in [0.25, 0.3) is 0 Å². The van der Waals surface area contributed by atoms with Gasteiger partial charge in [0, 0.05) is 6.20 Å². The lowest BCUT2D eigenvalue weighted by atomic mass is 10.4. The highest BCUT2D eigenvalue weighted by Gasteiger charge is 2.04. The molecule has 0 aliphatic rings. The molecule has 2 aromatic heterocycles. The number of nitrogens with zero attached hydrogens (tertiary/aromatic N) is 2. The molecule has 0 aliphatic carbocycles. The monoisotopic (exact) mass is 204 g/mol. The second kappa shape index (κ2) is 2.59. The zero-order valence-corrected chi connectivity index (χ0v) is 7.54. The van der Waals surface area contributed by atoms with E-state index in [1.54, 1.807) is 12.4 Å². The van der Waals surface area contributed by atoms with Crippen LogP contribution in [0.3, 0.4) is 0 Å². The first kappa shape index (κ1) is 7.28. The van der Waals surface area contributed by atoms with Gasteiger partial charge in [-0.05, 0) is 0 Å². The lowest BCUT2D eigenvalue weighted by Crippen LogP contribution is -1.71. The Morgan fingerprint density at radius 2 is 2.09 bits per heavy atom. The van der Waals surface area contributed by atoms with E-state index >= 15 is 0 Å². The van der Waals surface area contributed by atoms with Crippen LogP contribution in [0.25, 0.3) is 10.2 Å². The van der Waals surface area contributed by atoms with Gasteiger partial charge in [0.1, 0.15) is 5.52 Å². The van der Waals surface area contributed by atoms with E-state index in [-0.39, 0.29) is 0 Å². The fourth-order valence-corrected chi connectivity index (χ4v) is 2.05. The summed E-state index contributed by atoms with van der Waals surface area (Å²) in [5.41, 5.74) is 0.757. The molecule has 0 bridgehead atoms. The van der Waals surface area contributed by atoms with Gasteiger partial charge in [0.2, 0.25) is 0 Å². The molecule has 2 rings (SSSR count). The molecule has 0 amide bonds. The molecule has 2 heterocycles. The Hall–Kier alpha value is -0.380. The molecule has 0 saturated heterocycles. The summed E-state index contributed by atoms with van der Waals surface area (Å²) < 4.78 is 1.39. The van der Waals surface area contributed by atoms with E-state index < -0.39 is 0 Å². The molecule has 0 N–H and O–H groups in total. The summed E-state index contributed by atoms with van der Waals surface area (Å²) in [7, 11) is 0. The Morgan fingerprint density at radius 1 is 1.27 bits per heavy atom. The summed E-state index contributed by atoms with van der Waals surface area (Å²) in [4.78, 5) is 7.89. The van der Waals surface area contributed by atoms with Gasteiger partial charge in [0.15, 0.2) is 4.47 Å². The van der Waals surface area contributed by atoms with Crippen molar-refractivity contribution in [3.8, 4) is 0 Å². The molecule has 0 spiro atoms. The average Bonchev–Trinajstić information content (AvgIpc) is 2.31. The fourth-order valence-electron chi connectivity index (χ4n) is 0.795. The Labute approximate surface area is 76.8 Å². The second-order valence-electron chi connectivity index (χ2n) is 1.94. The van der Waals surface area contributed by atoms with E-state index in [9.17, 15) is 0 Å². The van der Waals surface area contributed by atoms with Crippen molar-refractivity contribution in [1.82, 2.24) is 9.97 Å². The Bertz CT molecular complexity index is 398. The Morgan fingerprint density at radius 3 is 2.82 bits per heavy atom. The van der Waals surface area contributed by atoms with Gasteiger partial charge in [-0.2, -0.15) is 0 Å². The number of aromatic nitrogens is 2. The molecule has 2 nitrogen and oxygen atoms in total. The van der Waals surface area contributed by atoms with E-state index in [2.05, 4.69) is 9.97 Å². The molecule has 11 heavy (non-hydrogen) atoms. The lowest BCUT2D eigenvalue weighted by molar-refractivity contribution is 1.34. The molecular weight excluding hydrogens is 203 g/mol. The molecule has 5 heteroatoms. The van der Waals surface area contributed by atoms with Gasteiger partial charge in [-0.25, -0.2) is 4.98 Å². The summed E-state index contributed by atoms with van der Waals surface area (Å²) in [5.74, 6) is 0. The molecule has 0 unspecified atom stereocenters. The third-order valence-electron chi connectivity index (χ3n) is 1.23. The highest BCUT2D eigenvalue weighted by molar-refractivity contribution is 7.22. The summed E-state index contributed by atoms with van der Waals surface area (Å²) in [6, 6.07) is 0. The zero-order chi connectivity index (χ0) is 7.84. The fraction of sp³-hybridized carbons (Fsp3) is 0. The number of hydrogen-bond acceptors (Lipinski definition) is 3. The first-order valence-electron chi connectivity index (χ1n) is 2.83. The number of fused-ring (bicyclic) bond motifs is 1. The Kier molecular flexibility index (Phi) is 1.71. The van der Waals surface area contributed by atoms with E-state index in [0.717, 1.165) is 10.2 Å². The summed E-state index contributed by atoms with van der Waals surface area (Å²) in [5, 5.41) is 0.604. The topological polar surface area (TPSA) is 25.8 Å². The minimum absolute atomic E-state index is 0.495. The number of halogens is 2. The highest BCUT2D eigenvalue weighted by Crippen LogP contribution is 2.30. The van der Waals surface area contributed by atoms with Crippen molar-refractivity contribution in [2.24, 2.45) is 0 Å². The predicted octanol–water partition coefficient (Wildman–Crippen LogP) is 3.00. The van der Waals surface area contributed by atoms with Crippen LogP contribution in [0.15, 0.2) is 12.4 Å². The van der Waals surface area contributed by atoms with Crippen LogP contribution in [0.4, 0.5) is 0 Å². The number of hydrogen-bond donors (Lipinski definition) is 0. The van der Waals surface area contributed by atoms with Gasteiger partial charge in [-0.1, -0.05) is 23.2 Å². The van der Waals surface area contributed by atoms with Crippen molar-refractivity contribution in [2.45, 2.75) is 0 Å². The van der Waals surface area contributed by atoms with Gasteiger partial charge < -0.3 is 0 Å². The molecule has 0 aliphatic heterocycles. The molecule has 0 aromatic carbocycles. The molecule has 0 saturated carbocycles. The van der Waals surface area contributed by atoms with Crippen molar-refractivity contribution >= 4 is 44.8 Å². The van der Waals surface area contributed by atoms with E-state index in [4.69, 9.17) is 23.2 Å². The standard InChI is InChI=1S/C6H2Cl2N2S/c7-3-1-9-2-4-5(3)11-6(8)10-4/h1-2H. The van der Waals surface area contributed by atoms with E-state index in [1.807, 2.05) is 0 Å². The van der Waals surface area contributed by atoms with Gasteiger partial charge >= 0.3 is 0 Å². The van der Waals surface area contributed by atoms with Crippen LogP contribution in [0, 0.1) is 0 Å². The van der Waals surface area contributed by atoms with Crippen LogP contribution < -0.4 is 0 Å². The zero-order valence-electron chi connectivity index (χ0n) is 5.21. The maximum Gasteiger partial charge on any atom is 0.184 e. The molecule has 56 valence electrons. The molecule has 0 atom stereocenters. The van der Waals surface area contributed by atoms with Crippen molar-refractivity contribution < 1.29 is 0 Å². The van der Waals surface area contributed by atoms with Crippen molar-refractivity contribution in [1.29, 1.82) is 0 Å². The first-order chi connectivity index (χ1) is 5.27. The van der Waals surface area contributed by atoms with E-state index in [1.165, 1.54) is 11.3 Å². The van der Waals surface area contributed by atoms with Gasteiger partial charge in [0.05, 0.1) is 15.9 Å². The third kappa shape index (κ3) is 1.20. The van der Waals surface area contributed by atoms with Crippen LogP contribution >= 0.6 is 34.5 Å².